The molecule has 1 fully saturated rings. The summed E-state index contributed by atoms with van der Waals surface area (Å²) >= 11 is 0. The van der Waals surface area contributed by atoms with Gasteiger partial charge in [0.15, 0.2) is 23.8 Å². The SMILES string of the molecule is COC(C(=O)N1C(=O)OC(C)(C)C1C(C)C)C(OC(C)=O)C(=O)C=CC(=O)CCCCO. The minimum atomic E-state index is -1.70. The van der Waals surface area contributed by atoms with Crippen LogP contribution >= 0.6 is 0 Å². The molecular formula is C22H33NO9. The van der Waals surface area contributed by atoms with Crippen molar-refractivity contribution in [3.63, 3.8) is 0 Å². The molecule has 0 aromatic heterocycles. The van der Waals surface area contributed by atoms with Gasteiger partial charge in [0.1, 0.15) is 5.60 Å². The molecule has 1 aliphatic rings. The van der Waals surface area contributed by atoms with Gasteiger partial charge in [-0.2, -0.15) is 0 Å². The molecule has 1 heterocycles. The van der Waals surface area contributed by atoms with Gasteiger partial charge in [-0.05, 0) is 44.8 Å². The molecule has 180 valence electrons. The second-order valence-corrected chi connectivity index (χ2v) is 8.44. The standard InChI is InChI=1S/C22H33NO9/c1-13(2)19-22(4,5)32-21(29)23(19)20(28)18(30-6)17(31-14(3)25)16(27)11-10-15(26)9-7-8-12-24/h10-11,13,17-19,24H,7-9,12H2,1-6H3. The van der Waals surface area contributed by atoms with Crippen molar-refractivity contribution in [2.45, 2.75) is 77.7 Å². The van der Waals surface area contributed by atoms with Gasteiger partial charge in [0.2, 0.25) is 0 Å². The van der Waals surface area contributed by atoms with E-state index in [1.54, 1.807) is 13.8 Å². The van der Waals surface area contributed by atoms with Crippen LogP contribution in [0.15, 0.2) is 12.2 Å². The number of amides is 2. The molecule has 0 spiro atoms. The van der Waals surface area contributed by atoms with E-state index in [0.29, 0.717) is 12.8 Å². The number of imide groups is 1. The van der Waals surface area contributed by atoms with Crippen LogP contribution in [-0.4, -0.2) is 77.1 Å². The average Bonchev–Trinajstić information content (AvgIpc) is 2.93. The highest BCUT2D eigenvalue weighted by Gasteiger charge is 2.54. The molecule has 10 nitrogen and oxygen atoms in total. The van der Waals surface area contributed by atoms with Crippen LogP contribution in [0.25, 0.3) is 0 Å². The average molecular weight is 456 g/mol. The maximum atomic E-state index is 13.3. The summed E-state index contributed by atoms with van der Waals surface area (Å²) in [4.78, 5) is 62.9. The highest BCUT2D eigenvalue weighted by Crippen LogP contribution is 2.35. The number of hydrogen-bond donors (Lipinski definition) is 1. The van der Waals surface area contributed by atoms with Crippen LogP contribution in [0.3, 0.4) is 0 Å². The molecule has 3 unspecified atom stereocenters. The molecule has 1 saturated heterocycles. The first kappa shape index (κ1) is 27.4. The number of cyclic esters (lactones) is 1. The predicted octanol–water partition coefficient (Wildman–Crippen LogP) is 1.57. The molecule has 0 aromatic carbocycles. The van der Waals surface area contributed by atoms with E-state index in [4.69, 9.17) is 19.3 Å². The summed E-state index contributed by atoms with van der Waals surface area (Å²) in [5, 5.41) is 8.77. The lowest BCUT2D eigenvalue weighted by Gasteiger charge is -2.33. The molecule has 3 atom stereocenters. The van der Waals surface area contributed by atoms with Crippen LogP contribution in [-0.2, 0) is 33.4 Å². The highest BCUT2D eigenvalue weighted by molar-refractivity contribution is 6.05. The number of methoxy groups -OCH3 is 1. The molecule has 0 aromatic rings. The molecule has 0 aliphatic carbocycles. The maximum Gasteiger partial charge on any atom is 0.417 e. The van der Waals surface area contributed by atoms with Crippen molar-refractivity contribution in [2.24, 2.45) is 5.92 Å². The monoisotopic (exact) mass is 455 g/mol. The molecule has 2 amide bonds. The fraction of sp³-hybridized carbons (Fsp3) is 0.682. The minimum absolute atomic E-state index is 0.0464. The molecule has 1 N–H and O–H groups in total. The van der Waals surface area contributed by atoms with Crippen molar-refractivity contribution >= 4 is 29.5 Å². The molecular weight excluding hydrogens is 422 g/mol. The number of unbranched alkanes of at least 4 members (excludes halogenated alkanes) is 1. The first-order valence-electron chi connectivity index (χ1n) is 10.5. The summed E-state index contributed by atoms with van der Waals surface area (Å²) in [6.45, 7) is 7.99. The van der Waals surface area contributed by atoms with Gasteiger partial charge in [0.25, 0.3) is 5.91 Å². The molecule has 0 saturated carbocycles. The van der Waals surface area contributed by atoms with Crippen molar-refractivity contribution in [1.82, 2.24) is 4.90 Å². The third-order valence-corrected chi connectivity index (χ3v) is 5.02. The number of ketones is 2. The number of allylic oxidation sites excluding steroid dienone is 1. The Morgan fingerprint density at radius 2 is 1.78 bits per heavy atom. The zero-order valence-electron chi connectivity index (χ0n) is 19.5. The van der Waals surface area contributed by atoms with Crippen molar-refractivity contribution in [3.8, 4) is 0 Å². The van der Waals surface area contributed by atoms with Gasteiger partial charge in [-0.1, -0.05) is 13.8 Å². The fourth-order valence-corrected chi connectivity index (χ4v) is 3.79. The Balaban J connectivity index is 3.16. The summed E-state index contributed by atoms with van der Waals surface area (Å²) in [5.74, 6) is -3.10. The summed E-state index contributed by atoms with van der Waals surface area (Å²) < 4.78 is 15.6. The normalized spacial score (nSPS) is 19.7. The van der Waals surface area contributed by atoms with Gasteiger partial charge >= 0.3 is 12.1 Å². The van der Waals surface area contributed by atoms with Crippen LogP contribution in [0.2, 0.25) is 0 Å². The Labute approximate surface area is 187 Å². The van der Waals surface area contributed by atoms with E-state index in [1.807, 2.05) is 13.8 Å². The van der Waals surface area contributed by atoms with Gasteiger partial charge in [0.05, 0.1) is 6.04 Å². The molecule has 10 heteroatoms. The van der Waals surface area contributed by atoms with E-state index in [1.165, 1.54) is 0 Å². The Morgan fingerprint density at radius 3 is 2.28 bits per heavy atom. The van der Waals surface area contributed by atoms with Gasteiger partial charge < -0.3 is 19.3 Å². The van der Waals surface area contributed by atoms with Crippen molar-refractivity contribution < 1.29 is 43.3 Å². The zero-order chi connectivity index (χ0) is 24.6. The third kappa shape index (κ3) is 6.96. The molecule has 0 radical (unpaired) electrons. The van der Waals surface area contributed by atoms with E-state index in [9.17, 15) is 24.0 Å². The second kappa shape index (κ2) is 11.9. The number of aliphatic hydroxyl groups excluding tert-OH is 1. The molecule has 32 heavy (non-hydrogen) atoms. The number of ether oxygens (including phenoxy) is 3. The number of esters is 1. The van der Waals surface area contributed by atoms with Gasteiger partial charge in [-0.15, -0.1) is 0 Å². The smallest absolute Gasteiger partial charge is 0.417 e. The summed E-state index contributed by atoms with van der Waals surface area (Å²) in [6, 6.07) is -0.642. The summed E-state index contributed by atoms with van der Waals surface area (Å²) in [7, 11) is 1.15. The topological polar surface area (TPSA) is 137 Å². The van der Waals surface area contributed by atoms with Crippen LogP contribution in [0.1, 0.15) is 53.9 Å². The van der Waals surface area contributed by atoms with E-state index in [0.717, 1.165) is 31.1 Å². The number of nitrogens with zero attached hydrogens (tertiary/aromatic N) is 1. The number of aliphatic hydroxyl groups is 1. The maximum absolute atomic E-state index is 13.3. The highest BCUT2D eigenvalue weighted by atomic mass is 16.6. The molecule has 0 bridgehead atoms. The first-order valence-corrected chi connectivity index (χ1v) is 10.5. The Kier molecular flexibility index (Phi) is 10.2. The molecule has 1 rings (SSSR count). The van der Waals surface area contributed by atoms with Crippen molar-refractivity contribution in [1.29, 1.82) is 0 Å². The quantitative estimate of drug-likeness (QED) is 0.264. The Morgan fingerprint density at radius 1 is 1.16 bits per heavy atom. The van der Waals surface area contributed by atoms with Crippen LogP contribution in [0, 0.1) is 5.92 Å². The van der Waals surface area contributed by atoms with E-state index >= 15 is 0 Å². The van der Waals surface area contributed by atoms with Crippen LogP contribution < -0.4 is 0 Å². The van der Waals surface area contributed by atoms with Gasteiger partial charge in [0, 0.05) is 27.1 Å². The summed E-state index contributed by atoms with van der Waals surface area (Å²) in [6.07, 6.45) is -1.24. The van der Waals surface area contributed by atoms with Crippen LogP contribution in [0.4, 0.5) is 4.79 Å². The number of carbonyl (C=O) groups is 5. The van der Waals surface area contributed by atoms with Crippen molar-refractivity contribution in [2.75, 3.05) is 13.7 Å². The number of carbonyl (C=O) groups excluding carboxylic acids is 5. The third-order valence-electron chi connectivity index (χ3n) is 5.02. The zero-order valence-corrected chi connectivity index (χ0v) is 19.5. The molecule has 1 aliphatic heterocycles. The van der Waals surface area contributed by atoms with Gasteiger partial charge in [-0.3, -0.25) is 19.2 Å². The summed E-state index contributed by atoms with van der Waals surface area (Å²) in [5.41, 5.74) is -0.971. The second-order valence-electron chi connectivity index (χ2n) is 8.44. The largest absolute Gasteiger partial charge is 0.451 e. The first-order chi connectivity index (χ1) is 14.9. The van der Waals surface area contributed by atoms with Gasteiger partial charge in [-0.25, -0.2) is 9.69 Å². The van der Waals surface area contributed by atoms with E-state index in [2.05, 4.69) is 0 Å². The lowest BCUT2D eigenvalue weighted by Crippen LogP contribution is -2.55. The van der Waals surface area contributed by atoms with E-state index in [-0.39, 0.29) is 24.7 Å². The van der Waals surface area contributed by atoms with E-state index < -0.39 is 47.6 Å². The Bertz CT molecular complexity index is 757. The number of hydrogen-bond acceptors (Lipinski definition) is 9. The van der Waals surface area contributed by atoms with Crippen LogP contribution in [0.5, 0.6) is 0 Å². The lowest BCUT2D eigenvalue weighted by molar-refractivity contribution is -0.166. The predicted molar refractivity (Wildman–Crippen MR) is 112 cm³/mol. The fourth-order valence-electron chi connectivity index (χ4n) is 3.79. The lowest BCUT2D eigenvalue weighted by atomic mass is 9.88. The van der Waals surface area contributed by atoms with Crippen molar-refractivity contribution in [3.05, 3.63) is 12.2 Å². The number of rotatable bonds is 12. The Hall–Kier alpha value is -2.59. The minimum Gasteiger partial charge on any atom is -0.451 e.